The molecular weight excluding hydrogens is 316 g/mol. The SMILES string of the molecule is CC(O)C(N)C(=O)N[C@@H](CCCCN)C(=O)N1CCC[C@H]1C(=O)O. The van der Waals surface area contributed by atoms with Gasteiger partial charge in [-0.2, -0.15) is 0 Å². The third kappa shape index (κ3) is 5.43. The topological polar surface area (TPSA) is 159 Å². The summed E-state index contributed by atoms with van der Waals surface area (Å²) in [5.41, 5.74) is 11.0. The maximum absolute atomic E-state index is 12.7. The molecule has 0 spiro atoms. The van der Waals surface area contributed by atoms with Crippen molar-refractivity contribution in [3.8, 4) is 0 Å². The smallest absolute Gasteiger partial charge is 0.326 e. The molecule has 0 bridgehead atoms. The Kier molecular flexibility index (Phi) is 8.09. The van der Waals surface area contributed by atoms with Crippen molar-refractivity contribution in [2.75, 3.05) is 13.1 Å². The summed E-state index contributed by atoms with van der Waals surface area (Å²) in [5.74, 6) is -2.11. The molecule has 0 radical (unpaired) electrons. The Hall–Kier alpha value is -1.71. The minimum atomic E-state index is -1.15. The van der Waals surface area contributed by atoms with Crippen LogP contribution in [0.25, 0.3) is 0 Å². The van der Waals surface area contributed by atoms with Gasteiger partial charge in [-0.15, -0.1) is 0 Å². The highest BCUT2D eigenvalue weighted by Gasteiger charge is 2.37. The maximum atomic E-state index is 12.7. The predicted octanol–water partition coefficient (Wildman–Crippen LogP) is -1.62. The van der Waals surface area contributed by atoms with Crippen LogP contribution in [-0.2, 0) is 14.4 Å². The number of nitrogens with two attached hydrogens (primary N) is 2. The molecule has 1 aliphatic rings. The number of rotatable bonds is 9. The van der Waals surface area contributed by atoms with Gasteiger partial charge in [0.1, 0.15) is 18.1 Å². The summed E-state index contributed by atoms with van der Waals surface area (Å²) in [4.78, 5) is 37.3. The quantitative estimate of drug-likeness (QED) is 0.314. The summed E-state index contributed by atoms with van der Waals surface area (Å²) in [7, 11) is 0. The van der Waals surface area contributed by atoms with E-state index in [1.54, 1.807) is 0 Å². The normalized spacial score (nSPS) is 21.2. The fraction of sp³-hybridized carbons (Fsp3) is 0.800. The first-order valence-electron chi connectivity index (χ1n) is 8.27. The van der Waals surface area contributed by atoms with E-state index in [1.807, 2.05) is 0 Å². The zero-order valence-corrected chi connectivity index (χ0v) is 14.0. The fourth-order valence-corrected chi connectivity index (χ4v) is 2.72. The second-order valence-corrected chi connectivity index (χ2v) is 6.14. The lowest BCUT2D eigenvalue weighted by Gasteiger charge is -2.28. The van der Waals surface area contributed by atoms with Gasteiger partial charge in [-0.25, -0.2) is 4.79 Å². The van der Waals surface area contributed by atoms with Crippen LogP contribution in [0.3, 0.4) is 0 Å². The van der Waals surface area contributed by atoms with Crippen molar-refractivity contribution in [3.63, 3.8) is 0 Å². The van der Waals surface area contributed by atoms with Gasteiger partial charge in [0.2, 0.25) is 11.8 Å². The van der Waals surface area contributed by atoms with E-state index in [0.717, 1.165) is 0 Å². The minimum absolute atomic E-state index is 0.344. The standard InChI is InChI=1S/C15H28N4O5/c1-9(20)12(17)13(21)18-10(5-2-3-7-16)14(22)19-8-4-6-11(19)15(23)24/h9-12,20H,2-8,16-17H2,1H3,(H,18,21)(H,23,24)/t9?,10-,11-,12?/m0/s1. The van der Waals surface area contributed by atoms with Gasteiger partial charge in [0, 0.05) is 6.54 Å². The van der Waals surface area contributed by atoms with E-state index >= 15 is 0 Å². The lowest BCUT2D eigenvalue weighted by atomic mass is 10.1. The van der Waals surface area contributed by atoms with Crippen molar-refractivity contribution in [1.82, 2.24) is 10.2 Å². The zero-order chi connectivity index (χ0) is 18.3. The maximum Gasteiger partial charge on any atom is 0.326 e. The van der Waals surface area contributed by atoms with Gasteiger partial charge in [0.25, 0.3) is 0 Å². The summed E-state index contributed by atoms with van der Waals surface area (Å²) >= 11 is 0. The first kappa shape index (κ1) is 20.3. The van der Waals surface area contributed by atoms with Crippen molar-refractivity contribution in [2.45, 2.75) is 63.3 Å². The highest BCUT2D eigenvalue weighted by Crippen LogP contribution is 2.19. The summed E-state index contributed by atoms with van der Waals surface area (Å²) in [5, 5.41) is 21.2. The molecule has 9 heteroatoms. The number of amides is 2. The molecule has 1 saturated heterocycles. The number of hydrogen-bond acceptors (Lipinski definition) is 6. The molecule has 2 unspecified atom stereocenters. The van der Waals surface area contributed by atoms with Crippen molar-refractivity contribution >= 4 is 17.8 Å². The average molecular weight is 344 g/mol. The van der Waals surface area contributed by atoms with Crippen molar-refractivity contribution in [2.24, 2.45) is 11.5 Å². The number of likely N-dealkylation sites (tertiary alicyclic amines) is 1. The number of nitrogens with one attached hydrogen (secondary N) is 1. The Morgan fingerprint density at radius 2 is 2.00 bits per heavy atom. The molecule has 0 aromatic carbocycles. The van der Waals surface area contributed by atoms with Crippen LogP contribution < -0.4 is 16.8 Å². The monoisotopic (exact) mass is 344 g/mol. The summed E-state index contributed by atoms with van der Waals surface area (Å²) in [6, 6.07) is -2.88. The third-order valence-corrected chi connectivity index (χ3v) is 4.20. The molecule has 7 N–H and O–H groups in total. The number of carboxylic acids is 1. The molecule has 0 aromatic rings. The lowest BCUT2D eigenvalue weighted by molar-refractivity contribution is -0.149. The van der Waals surface area contributed by atoms with E-state index in [2.05, 4.69) is 5.32 Å². The summed E-state index contributed by atoms with van der Waals surface area (Å²) in [6.07, 6.45) is 1.60. The number of carbonyl (C=O) groups excluding carboxylic acids is 2. The number of carbonyl (C=O) groups is 3. The molecule has 0 aromatic heterocycles. The third-order valence-electron chi connectivity index (χ3n) is 4.20. The number of aliphatic carboxylic acids is 1. The molecule has 9 nitrogen and oxygen atoms in total. The first-order valence-corrected chi connectivity index (χ1v) is 8.27. The van der Waals surface area contributed by atoms with Gasteiger partial charge in [0.05, 0.1) is 6.10 Å². The van der Waals surface area contributed by atoms with E-state index in [0.29, 0.717) is 45.2 Å². The molecule has 24 heavy (non-hydrogen) atoms. The molecule has 0 saturated carbocycles. The Labute approximate surface area is 141 Å². The largest absolute Gasteiger partial charge is 0.480 e. The van der Waals surface area contributed by atoms with Crippen molar-refractivity contribution < 1.29 is 24.6 Å². The minimum Gasteiger partial charge on any atom is -0.480 e. The molecule has 4 atom stereocenters. The zero-order valence-electron chi connectivity index (χ0n) is 14.0. The summed E-state index contributed by atoms with van der Waals surface area (Å²) < 4.78 is 0. The van der Waals surface area contributed by atoms with Crippen LogP contribution >= 0.6 is 0 Å². The van der Waals surface area contributed by atoms with E-state index in [4.69, 9.17) is 11.5 Å². The Morgan fingerprint density at radius 3 is 2.54 bits per heavy atom. The highest BCUT2D eigenvalue weighted by molar-refractivity contribution is 5.92. The van der Waals surface area contributed by atoms with Gasteiger partial charge < -0.3 is 31.9 Å². The Bertz CT molecular complexity index is 457. The van der Waals surface area contributed by atoms with Crippen molar-refractivity contribution in [3.05, 3.63) is 0 Å². The Morgan fingerprint density at radius 1 is 1.33 bits per heavy atom. The number of hydrogen-bond donors (Lipinski definition) is 5. The van der Waals surface area contributed by atoms with Gasteiger partial charge in [-0.3, -0.25) is 9.59 Å². The fourth-order valence-electron chi connectivity index (χ4n) is 2.72. The van der Waals surface area contributed by atoms with Crippen LogP contribution in [0.1, 0.15) is 39.0 Å². The molecule has 1 aliphatic heterocycles. The molecular formula is C15H28N4O5. The van der Waals surface area contributed by atoms with Crippen LogP contribution in [-0.4, -0.2) is 70.2 Å². The molecule has 0 aliphatic carbocycles. The van der Waals surface area contributed by atoms with Crippen LogP contribution in [0.15, 0.2) is 0 Å². The predicted molar refractivity (Wildman–Crippen MR) is 86.9 cm³/mol. The van der Waals surface area contributed by atoms with Crippen LogP contribution in [0, 0.1) is 0 Å². The van der Waals surface area contributed by atoms with Gasteiger partial charge >= 0.3 is 5.97 Å². The highest BCUT2D eigenvalue weighted by atomic mass is 16.4. The average Bonchev–Trinajstić information content (AvgIpc) is 3.02. The number of unbranched alkanes of at least 4 members (excludes halogenated alkanes) is 1. The molecule has 1 fully saturated rings. The molecule has 2 amide bonds. The number of carboxylic acid groups (broad SMARTS) is 1. The van der Waals surface area contributed by atoms with Crippen LogP contribution in [0.2, 0.25) is 0 Å². The van der Waals surface area contributed by atoms with Crippen LogP contribution in [0.4, 0.5) is 0 Å². The van der Waals surface area contributed by atoms with Gasteiger partial charge in [-0.1, -0.05) is 0 Å². The van der Waals surface area contributed by atoms with E-state index in [9.17, 15) is 24.6 Å². The molecule has 1 rings (SSSR count). The van der Waals surface area contributed by atoms with E-state index < -0.39 is 42.0 Å². The number of aliphatic hydroxyl groups excluding tert-OH is 1. The first-order chi connectivity index (χ1) is 11.3. The van der Waals surface area contributed by atoms with E-state index in [1.165, 1.54) is 11.8 Å². The summed E-state index contributed by atoms with van der Waals surface area (Å²) in [6.45, 7) is 2.20. The number of aliphatic hydroxyl groups is 1. The number of nitrogens with zero attached hydrogens (tertiary/aromatic N) is 1. The lowest BCUT2D eigenvalue weighted by Crippen LogP contribution is -2.56. The van der Waals surface area contributed by atoms with Gasteiger partial charge in [-0.05, 0) is 45.6 Å². The van der Waals surface area contributed by atoms with Gasteiger partial charge in [0.15, 0.2) is 0 Å². The second-order valence-electron chi connectivity index (χ2n) is 6.14. The van der Waals surface area contributed by atoms with Crippen molar-refractivity contribution in [1.29, 1.82) is 0 Å². The van der Waals surface area contributed by atoms with E-state index in [-0.39, 0.29) is 0 Å². The van der Waals surface area contributed by atoms with Crippen LogP contribution in [0.5, 0.6) is 0 Å². The molecule has 138 valence electrons. The Balaban J connectivity index is 2.81. The second kappa shape index (κ2) is 9.55. The molecule has 1 heterocycles.